The van der Waals surface area contributed by atoms with E-state index in [4.69, 9.17) is 4.42 Å². The lowest BCUT2D eigenvalue weighted by Gasteiger charge is -2.24. The molecule has 0 bridgehead atoms. The van der Waals surface area contributed by atoms with Gasteiger partial charge in [0.25, 0.3) is 5.91 Å². The second kappa shape index (κ2) is 9.47. The van der Waals surface area contributed by atoms with Crippen LogP contribution in [0, 0.1) is 19.8 Å². The van der Waals surface area contributed by atoms with Crippen molar-refractivity contribution in [2.75, 3.05) is 40.3 Å². The summed E-state index contributed by atoms with van der Waals surface area (Å²) in [6.07, 6.45) is 0.307. The summed E-state index contributed by atoms with van der Waals surface area (Å²) in [5.41, 5.74) is 0.584. The van der Waals surface area contributed by atoms with Crippen LogP contribution in [0.5, 0.6) is 0 Å². The SMILES string of the molecule is Cc1cc(C(=O)N(CCC(=O)NCCN(C)C)CC(C)C)c(C)o1. The number of furan rings is 1. The highest BCUT2D eigenvalue weighted by atomic mass is 16.3. The molecule has 6 nitrogen and oxygen atoms in total. The fraction of sp³-hybridized carbons (Fsp3) is 0.667. The fourth-order valence-electron chi connectivity index (χ4n) is 2.47. The Balaban J connectivity index is 2.64. The highest BCUT2D eigenvalue weighted by molar-refractivity contribution is 5.95. The number of amides is 2. The topological polar surface area (TPSA) is 65.8 Å². The number of nitrogens with zero attached hydrogens (tertiary/aromatic N) is 2. The van der Waals surface area contributed by atoms with E-state index in [0.717, 1.165) is 12.3 Å². The third-order valence-corrected chi connectivity index (χ3v) is 3.63. The van der Waals surface area contributed by atoms with Crippen LogP contribution >= 0.6 is 0 Å². The molecule has 0 aliphatic heterocycles. The van der Waals surface area contributed by atoms with Crippen LogP contribution in [0.3, 0.4) is 0 Å². The molecule has 0 radical (unpaired) electrons. The molecule has 0 saturated carbocycles. The third-order valence-electron chi connectivity index (χ3n) is 3.63. The lowest BCUT2D eigenvalue weighted by molar-refractivity contribution is -0.121. The van der Waals surface area contributed by atoms with Crippen molar-refractivity contribution in [2.24, 2.45) is 5.92 Å². The van der Waals surface area contributed by atoms with Crippen molar-refractivity contribution < 1.29 is 14.0 Å². The van der Waals surface area contributed by atoms with Crippen molar-refractivity contribution in [2.45, 2.75) is 34.1 Å². The Morgan fingerprint density at radius 3 is 2.38 bits per heavy atom. The Hall–Kier alpha value is -1.82. The lowest BCUT2D eigenvalue weighted by Crippen LogP contribution is -2.38. The van der Waals surface area contributed by atoms with Crippen LogP contribution in [-0.4, -0.2) is 61.9 Å². The van der Waals surface area contributed by atoms with Gasteiger partial charge in [0, 0.05) is 32.6 Å². The van der Waals surface area contributed by atoms with E-state index in [2.05, 4.69) is 19.2 Å². The van der Waals surface area contributed by atoms with Gasteiger partial charge < -0.3 is 19.5 Å². The molecule has 6 heteroatoms. The van der Waals surface area contributed by atoms with Crippen molar-refractivity contribution in [1.82, 2.24) is 15.1 Å². The van der Waals surface area contributed by atoms with E-state index in [9.17, 15) is 9.59 Å². The maximum atomic E-state index is 12.8. The number of hydrogen-bond acceptors (Lipinski definition) is 4. The number of rotatable bonds is 9. The predicted molar refractivity (Wildman–Crippen MR) is 95.1 cm³/mol. The van der Waals surface area contributed by atoms with E-state index in [1.165, 1.54) is 0 Å². The maximum Gasteiger partial charge on any atom is 0.257 e. The van der Waals surface area contributed by atoms with Crippen molar-refractivity contribution >= 4 is 11.8 Å². The minimum absolute atomic E-state index is 0.0292. The summed E-state index contributed by atoms with van der Waals surface area (Å²) in [7, 11) is 3.93. The second-order valence-electron chi connectivity index (χ2n) is 6.88. The lowest BCUT2D eigenvalue weighted by atomic mass is 10.1. The number of likely N-dealkylation sites (N-methyl/N-ethyl adjacent to an activating group) is 1. The van der Waals surface area contributed by atoms with Crippen LogP contribution in [0.4, 0.5) is 0 Å². The second-order valence-corrected chi connectivity index (χ2v) is 6.88. The number of carbonyl (C=O) groups is 2. The van der Waals surface area contributed by atoms with Gasteiger partial charge in [-0.3, -0.25) is 9.59 Å². The Labute approximate surface area is 145 Å². The summed E-state index contributed by atoms with van der Waals surface area (Å²) in [6, 6.07) is 1.77. The molecule has 1 N–H and O–H groups in total. The molecule has 0 aliphatic carbocycles. The molecule has 1 heterocycles. The largest absolute Gasteiger partial charge is 0.466 e. The van der Waals surface area contributed by atoms with Gasteiger partial charge in [-0.05, 0) is 39.9 Å². The molecule has 0 unspecified atom stereocenters. The summed E-state index contributed by atoms with van der Waals surface area (Å²) >= 11 is 0. The molecule has 2 amide bonds. The normalized spacial score (nSPS) is 11.2. The molecule has 0 fully saturated rings. The molecule has 24 heavy (non-hydrogen) atoms. The van der Waals surface area contributed by atoms with E-state index in [1.807, 2.05) is 25.9 Å². The first-order chi connectivity index (χ1) is 11.2. The Morgan fingerprint density at radius 1 is 1.21 bits per heavy atom. The molecule has 1 aromatic heterocycles. The molecule has 0 aromatic carbocycles. The molecular formula is C18H31N3O3. The van der Waals surface area contributed by atoms with E-state index >= 15 is 0 Å². The molecule has 0 aliphatic rings. The average Bonchev–Trinajstić information content (AvgIpc) is 2.80. The number of aryl methyl sites for hydroxylation is 2. The van der Waals surface area contributed by atoms with Crippen molar-refractivity contribution in [3.8, 4) is 0 Å². The maximum absolute atomic E-state index is 12.8. The van der Waals surface area contributed by atoms with Gasteiger partial charge in [0.1, 0.15) is 11.5 Å². The van der Waals surface area contributed by atoms with Gasteiger partial charge in [-0.2, -0.15) is 0 Å². The summed E-state index contributed by atoms with van der Waals surface area (Å²) in [4.78, 5) is 28.5. The Morgan fingerprint density at radius 2 is 1.88 bits per heavy atom. The van der Waals surface area contributed by atoms with Gasteiger partial charge in [0.15, 0.2) is 0 Å². The van der Waals surface area contributed by atoms with E-state index in [1.54, 1.807) is 17.9 Å². The summed E-state index contributed by atoms with van der Waals surface area (Å²) in [5.74, 6) is 1.58. The van der Waals surface area contributed by atoms with Gasteiger partial charge in [-0.1, -0.05) is 13.8 Å². The minimum atomic E-state index is -0.0702. The van der Waals surface area contributed by atoms with Crippen molar-refractivity contribution in [3.63, 3.8) is 0 Å². The van der Waals surface area contributed by atoms with E-state index in [-0.39, 0.29) is 11.8 Å². The first-order valence-corrected chi connectivity index (χ1v) is 8.48. The highest BCUT2D eigenvalue weighted by Crippen LogP contribution is 2.17. The zero-order valence-corrected chi connectivity index (χ0v) is 15.8. The van der Waals surface area contributed by atoms with E-state index < -0.39 is 0 Å². The third kappa shape index (κ3) is 6.74. The van der Waals surface area contributed by atoms with Crippen LogP contribution in [-0.2, 0) is 4.79 Å². The standard InChI is InChI=1S/C18H31N3O3/c1-13(2)12-21(9-7-17(22)19-8-10-20(5)6)18(23)16-11-14(3)24-15(16)4/h11,13H,7-10,12H2,1-6H3,(H,19,22). The van der Waals surface area contributed by atoms with Gasteiger partial charge in [-0.25, -0.2) is 0 Å². The average molecular weight is 337 g/mol. The molecule has 0 saturated heterocycles. The summed E-state index contributed by atoms with van der Waals surface area (Å²) < 4.78 is 5.46. The van der Waals surface area contributed by atoms with Gasteiger partial charge >= 0.3 is 0 Å². The summed E-state index contributed by atoms with van der Waals surface area (Å²) in [6.45, 7) is 10.2. The van der Waals surface area contributed by atoms with E-state index in [0.29, 0.717) is 43.3 Å². The first kappa shape index (κ1) is 20.2. The smallest absolute Gasteiger partial charge is 0.257 e. The fourth-order valence-corrected chi connectivity index (χ4v) is 2.47. The molecular weight excluding hydrogens is 306 g/mol. The molecule has 136 valence electrons. The van der Waals surface area contributed by atoms with Crippen LogP contribution in [0.2, 0.25) is 0 Å². The van der Waals surface area contributed by atoms with Gasteiger partial charge in [0.05, 0.1) is 5.56 Å². The Kier molecular flexibility index (Phi) is 7.98. The molecule has 1 aromatic rings. The molecule has 1 rings (SSSR count). The summed E-state index contributed by atoms with van der Waals surface area (Å²) in [5, 5.41) is 2.88. The van der Waals surface area contributed by atoms with Gasteiger partial charge in [0.2, 0.25) is 5.91 Å². The zero-order chi connectivity index (χ0) is 18.3. The van der Waals surface area contributed by atoms with Crippen LogP contribution < -0.4 is 5.32 Å². The zero-order valence-electron chi connectivity index (χ0n) is 15.8. The molecule has 0 atom stereocenters. The Bertz CT molecular complexity index is 550. The van der Waals surface area contributed by atoms with Crippen LogP contribution in [0.25, 0.3) is 0 Å². The minimum Gasteiger partial charge on any atom is -0.466 e. The number of hydrogen-bond donors (Lipinski definition) is 1. The predicted octanol–water partition coefficient (Wildman–Crippen LogP) is 2.06. The monoisotopic (exact) mass is 337 g/mol. The molecule has 0 spiro atoms. The first-order valence-electron chi connectivity index (χ1n) is 8.48. The number of nitrogens with one attached hydrogen (secondary N) is 1. The van der Waals surface area contributed by atoms with Crippen molar-refractivity contribution in [3.05, 3.63) is 23.2 Å². The quantitative estimate of drug-likeness (QED) is 0.749. The van der Waals surface area contributed by atoms with Gasteiger partial charge in [-0.15, -0.1) is 0 Å². The highest BCUT2D eigenvalue weighted by Gasteiger charge is 2.21. The van der Waals surface area contributed by atoms with Crippen LogP contribution in [0.15, 0.2) is 10.5 Å². The number of carbonyl (C=O) groups excluding carboxylic acids is 2. The van der Waals surface area contributed by atoms with Crippen LogP contribution in [0.1, 0.15) is 42.1 Å². The van der Waals surface area contributed by atoms with Crippen molar-refractivity contribution in [1.29, 1.82) is 0 Å².